The van der Waals surface area contributed by atoms with Crippen molar-refractivity contribution in [3.8, 4) is 0 Å². The minimum atomic E-state index is -3.45. The molecule has 0 aromatic heterocycles. The standard InChI is InChI=1S/C12H12N2O2S/c15-17(16)12-8-4-3-7-11(12)13-9-5-1-2-6-10(9)14-17/h1,3-5,7-8,10,14H,2,6H2. The molecule has 0 saturated heterocycles. The summed E-state index contributed by atoms with van der Waals surface area (Å²) < 4.78 is 27.0. The van der Waals surface area contributed by atoms with Gasteiger partial charge in [-0.25, -0.2) is 13.1 Å². The molecule has 0 radical (unpaired) electrons. The Balaban J connectivity index is 2.23. The Morgan fingerprint density at radius 2 is 2.12 bits per heavy atom. The number of aliphatic imine (C=N–C) groups is 1. The van der Waals surface area contributed by atoms with Gasteiger partial charge in [-0.15, -0.1) is 0 Å². The summed E-state index contributed by atoms with van der Waals surface area (Å²) in [6.45, 7) is 0. The van der Waals surface area contributed by atoms with Crippen LogP contribution in [0.5, 0.6) is 0 Å². The van der Waals surface area contributed by atoms with Gasteiger partial charge in [-0.1, -0.05) is 18.2 Å². The number of hydrogen-bond acceptors (Lipinski definition) is 3. The molecule has 0 spiro atoms. The summed E-state index contributed by atoms with van der Waals surface area (Å²) in [5, 5.41) is 0. The van der Waals surface area contributed by atoms with Gasteiger partial charge in [0, 0.05) is 0 Å². The van der Waals surface area contributed by atoms with Crippen molar-refractivity contribution in [3.05, 3.63) is 36.4 Å². The number of allylic oxidation sites excluding steroid dienone is 1. The molecule has 0 fully saturated rings. The molecule has 1 aliphatic heterocycles. The highest BCUT2D eigenvalue weighted by molar-refractivity contribution is 7.89. The largest absolute Gasteiger partial charge is 0.250 e. The lowest BCUT2D eigenvalue weighted by Crippen LogP contribution is -2.39. The third-order valence-electron chi connectivity index (χ3n) is 2.97. The SMILES string of the molecule is O=S1(=O)NC2CCC=CC2=Nc2ccccc21. The minimum absolute atomic E-state index is 0.197. The van der Waals surface area contributed by atoms with Crippen LogP contribution >= 0.6 is 0 Å². The lowest BCUT2D eigenvalue weighted by Gasteiger charge is -2.18. The predicted octanol–water partition coefficient (Wildman–Crippen LogP) is 1.77. The lowest BCUT2D eigenvalue weighted by atomic mass is 10.0. The van der Waals surface area contributed by atoms with Crippen LogP contribution < -0.4 is 4.72 Å². The number of rotatable bonds is 0. The zero-order valence-corrected chi connectivity index (χ0v) is 9.94. The third kappa shape index (κ3) is 1.81. The molecule has 0 saturated carbocycles. The molecule has 17 heavy (non-hydrogen) atoms. The van der Waals surface area contributed by atoms with Crippen molar-refractivity contribution in [3.63, 3.8) is 0 Å². The highest BCUT2D eigenvalue weighted by Crippen LogP contribution is 2.28. The van der Waals surface area contributed by atoms with Crippen LogP contribution in [0.3, 0.4) is 0 Å². The second kappa shape index (κ2) is 3.78. The minimum Gasteiger partial charge on any atom is -0.250 e. The summed E-state index contributed by atoms with van der Waals surface area (Å²) in [5.74, 6) is 0. The van der Waals surface area contributed by atoms with E-state index in [0.717, 1.165) is 18.6 Å². The average molecular weight is 248 g/mol. The van der Waals surface area contributed by atoms with Crippen LogP contribution in [0.4, 0.5) is 5.69 Å². The number of para-hydroxylation sites is 1. The van der Waals surface area contributed by atoms with E-state index in [0.29, 0.717) is 5.69 Å². The molecule has 4 nitrogen and oxygen atoms in total. The maximum Gasteiger partial charge on any atom is 0.243 e. The van der Waals surface area contributed by atoms with Gasteiger partial charge in [0.05, 0.1) is 17.4 Å². The Morgan fingerprint density at radius 3 is 3.00 bits per heavy atom. The quantitative estimate of drug-likeness (QED) is 0.760. The molecular weight excluding hydrogens is 236 g/mol. The second-order valence-corrected chi connectivity index (χ2v) is 5.84. The van der Waals surface area contributed by atoms with Crippen molar-refractivity contribution in [2.75, 3.05) is 0 Å². The molecule has 88 valence electrons. The molecule has 2 aliphatic rings. The number of fused-ring (bicyclic) bond motifs is 2. The molecule has 5 heteroatoms. The van der Waals surface area contributed by atoms with Crippen LogP contribution in [0.2, 0.25) is 0 Å². The van der Waals surface area contributed by atoms with E-state index in [2.05, 4.69) is 9.71 Å². The van der Waals surface area contributed by atoms with Crippen LogP contribution in [0.1, 0.15) is 12.8 Å². The first-order valence-electron chi connectivity index (χ1n) is 5.53. The number of nitrogens with one attached hydrogen (secondary N) is 1. The van der Waals surface area contributed by atoms with Crippen LogP contribution in [0.25, 0.3) is 0 Å². The topological polar surface area (TPSA) is 58.5 Å². The fourth-order valence-corrected chi connectivity index (χ4v) is 3.52. The van der Waals surface area contributed by atoms with Crippen molar-refractivity contribution >= 4 is 21.4 Å². The van der Waals surface area contributed by atoms with Gasteiger partial charge in [0.2, 0.25) is 10.0 Å². The molecule has 1 aliphatic carbocycles. The van der Waals surface area contributed by atoms with E-state index in [-0.39, 0.29) is 10.9 Å². The maximum absolute atomic E-state index is 12.1. The number of nitrogens with zero attached hydrogens (tertiary/aromatic N) is 1. The zero-order valence-electron chi connectivity index (χ0n) is 9.13. The second-order valence-electron chi connectivity index (χ2n) is 4.16. The first-order valence-corrected chi connectivity index (χ1v) is 7.02. The normalized spacial score (nSPS) is 25.4. The summed E-state index contributed by atoms with van der Waals surface area (Å²) in [4.78, 5) is 4.70. The van der Waals surface area contributed by atoms with E-state index in [1.54, 1.807) is 24.3 Å². The van der Waals surface area contributed by atoms with Crippen LogP contribution in [0, 0.1) is 0 Å². The predicted molar refractivity (Wildman–Crippen MR) is 66.0 cm³/mol. The van der Waals surface area contributed by atoms with Crippen molar-refractivity contribution < 1.29 is 8.42 Å². The summed E-state index contributed by atoms with van der Waals surface area (Å²) >= 11 is 0. The summed E-state index contributed by atoms with van der Waals surface area (Å²) in [7, 11) is -3.45. The van der Waals surface area contributed by atoms with Gasteiger partial charge in [0.25, 0.3) is 0 Å². The average Bonchev–Trinajstić information content (AvgIpc) is 2.42. The number of hydrogen-bond donors (Lipinski definition) is 1. The van der Waals surface area contributed by atoms with Gasteiger partial charge < -0.3 is 0 Å². The van der Waals surface area contributed by atoms with E-state index in [4.69, 9.17) is 0 Å². The van der Waals surface area contributed by atoms with Crippen LogP contribution in [-0.4, -0.2) is 20.2 Å². The maximum atomic E-state index is 12.1. The molecular formula is C12H12N2O2S. The van der Waals surface area contributed by atoms with Gasteiger partial charge in [-0.2, -0.15) is 0 Å². The molecule has 1 aromatic rings. The summed E-state index contributed by atoms with van der Waals surface area (Å²) in [5.41, 5.74) is 1.31. The molecule has 1 N–H and O–H groups in total. The number of sulfonamides is 1. The third-order valence-corrected chi connectivity index (χ3v) is 4.49. The molecule has 1 aromatic carbocycles. The molecule has 1 unspecified atom stereocenters. The van der Waals surface area contributed by atoms with Crippen LogP contribution in [0.15, 0.2) is 46.3 Å². The van der Waals surface area contributed by atoms with E-state index in [1.165, 1.54) is 0 Å². The van der Waals surface area contributed by atoms with E-state index in [1.807, 2.05) is 12.2 Å². The highest BCUT2D eigenvalue weighted by atomic mass is 32.2. The molecule has 3 rings (SSSR count). The lowest BCUT2D eigenvalue weighted by molar-refractivity contribution is 0.570. The van der Waals surface area contributed by atoms with Crippen molar-refractivity contribution in [1.29, 1.82) is 0 Å². The van der Waals surface area contributed by atoms with E-state index < -0.39 is 10.0 Å². The highest BCUT2D eigenvalue weighted by Gasteiger charge is 2.29. The number of benzene rings is 1. The Kier molecular flexibility index (Phi) is 2.38. The van der Waals surface area contributed by atoms with Crippen molar-refractivity contribution in [2.24, 2.45) is 4.99 Å². The van der Waals surface area contributed by atoms with Gasteiger partial charge in [0.1, 0.15) is 4.90 Å². The van der Waals surface area contributed by atoms with E-state index in [9.17, 15) is 8.42 Å². The molecule has 1 atom stereocenters. The Labute approximate surface area is 100 Å². The Morgan fingerprint density at radius 1 is 1.29 bits per heavy atom. The van der Waals surface area contributed by atoms with Gasteiger partial charge >= 0.3 is 0 Å². The summed E-state index contributed by atoms with van der Waals surface area (Å²) in [6.07, 6.45) is 5.57. The zero-order chi connectivity index (χ0) is 11.9. The van der Waals surface area contributed by atoms with Gasteiger partial charge in [-0.3, -0.25) is 4.99 Å². The first-order chi connectivity index (χ1) is 8.17. The van der Waals surface area contributed by atoms with Gasteiger partial charge in [-0.05, 0) is 31.1 Å². The van der Waals surface area contributed by atoms with Gasteiger partial charge in [0.15, 0.2) is 0 Å². The Bertz CT molecular complexity index is 617. The Hall–Kier alpha value is -1.46. The fraction of sp³-hybridized carbons (Fsp3) is 0.250. The van der Waals surface area contributed by atoms with Crippen molar-refractivity contribution in [1.82, 2.24) is 4.72 Å². The first kappa shape index (κ1) is 10.7. The fourth-order valence-electron chi connectivity index (χ4n) is 2.13. The molecule has 0 amide bonds. The summed E-state index contributed by atoms with van der Waals surface area (Å²) in [6, 6.07) is 6.63. The molecule has 1 heterocycles. The van der Waals surface area contributed by atoms with Crippen molar-refractivity contribution in [2.45, 2.75) is 23.8 Å². The smallest absolute Gasteiger partial charge is 0.243 e. The van der Waals surface area contributed by atoms with E-state index >= 15 is 0 Å². The monoisotopic (exact) mass is 248 g/mol. The van der Waals surface area contributed by atoms with Crippen LogP contribution in [-0.2, 0) is 10.0 Å². The molecule has 0 bridgehead atoms.